The van der Waals surface area contributed by atoms with Gasteiger partial charge in [0.15, 0.2) is 0 Å². The largest absolute Gasteiger partial charge is 0.389 e. The van der Waals surface area contributed by atoms with E-state index in [1.165, 1.54) is 5.57 Å². The van der Waals surface area contributed by atoms with Crippen molar-refractivity contribution in [2.45, 2.75) is 58.2 Å². The van der Waals surface area contributed by atoms with Crippen molar-refractivity contribution in [2.75, 3.05) is 7.11 Å². The number of carbonyl (C=O) groups is 1. The van der Waals surface area contributed by atoms with Crippen LogP contribution in [0, 0.1) is 28.6 Å². The summed E-state index contributed by atoms with van der Waals surface area (Å²) in [5.74, 6) is 1.83. The molecule has 0 aliphatic heterocycles. The van der Waals surface area contributed by atoms with Gasteiger partial charge in [-0.05, 0) is 43.4 Å². The van der Waals surface area contributed by atoms with Crippen molar-refractivity contribution in [3.05, 3.63) is 23.8 Å². The summed E-state index contributed by atoms with van der Waals surface area (Å²) < 4.78 is 5.88. The first-order valence-electron chi connectivity index (χ1n) is 9.05. The Morgan fingerprint density at radius 2 is 2.04 bits per heavy atom. The lowest BCUT2D eigenvalue weighted by molar-refractivity contribution is -0.134. The second-order valence-corrected chi connectivity index (χ2v) is 8.51. The van der Waals surface area contributed by atoms with Crippen molar-refractivity contribution in [2.24, 2.45) is 28.6 Å². The van der Waals surface area contributed by atoms with Gasteiger partial charge < -0.3 is 9.84 Å². The van der Waals surface area contributed by atoms with Crippen LogP contribution in [0.3, 0.4) is 0 Å². The van der Waals surface area contributed by atoms with Gasteiger partial charge in [-0.3, -0.25) is 4.79 Å². The molecule has 0 aromatic rings. The van der Waals surface area contributed by atoms with E-state index in [0.29, 0.717) is 23.5 Å². The molecule has 3 nitrogen and oxygen atoms in total. The zero-order chi connectivity index (χ0) is 16.4. The molecule has 4 rings (SSSR count). The Balaban J connectivity index is 1.79. The molecule has 2 saturated carbocycles. The van der Waals surface area contributed by atoms with E-state index in [9.17, 15) is 9.90 Å². The second kappa shape index (κ2) is 5.03. The van der Waals surface area contributed by atoms with E-state index >= 15 is 0 Å². The van der Waals surface area contributed by atoms with Crippen LogP contribution in [0.2, 0.25) is 0 Å². The second-order valence-electron chi connectivity index (χ2n) is 8.51. The summed E-state index contributed by atoms with van der Waals surface area (Å²) in [6.07, 6.45) is 10.7. The molecule has 126 valence electrons. The first-order chi connectivity index (χ1) is 10.9. The molecule has 0 spiro atoms. The number of carbonyl (C=O) groups excluding carboxylic acids is 1. The van der Waals surface area contributed by atoms with Gasteiger partial charge >= 0.3 is 0 Å². The lowest BCUT2D eigenvalue weighted by Gasteiger charge is -2.57. The maximum Gasteiger partial charge on any atom is 0.139 e. The van der Waals surface area contributed by atoms with Crippen molar-refractivity contribution in [1.29, 1.82) is 0 Å². The molecule has 2 fully saturated rings. The van der Waals surface area contributed by atoms with Crippen LogP contribution < -0.4 is 0 Å². The van der Waals surface area contributed by atoms with E-state index in [4.69, 9.17) is 4.74 Å². The Labute approximate surface area is 138 Å². The zero-order valence-electron chi connectivity index (χ0n) is 14.4. The van der Waals surface area contributed by atoms with Crippen molar-refractivity contribution in [3.63, 3.8) is 0 Å². The quantitative estimate of drug-likeness (QED) is 0.755. The van der Waals surface area contributed by atoms with E-state index in [0.717, 1.165) is 32.1 Å². The number of rotatable bonds is 1. The van der Waals surface area contributed by atoms with Gasteiger partial charge in [-0.2, -0.15) is 0 Å². The fraction of sp³-hybridized carbons (Fsp3) is 0.750. The number of allylic oxidation sites excluding steroid dienone is 1. The van der Waals surface area contributed by atoms with Crippen LogP contribution in [0.15, 0.2) is 23.8 Å². The number of hydrogen-bond acceptors (Lipinski definition) is 3. The summed E-state index contributed by atoms with van der Waals surface area (Å²) >= 11 is 0. The first-order valence-corrected chi connectivity index (χ1v) is 9.05. The molecular weight excluding hydrogens is 288 g/mol. The molecule has 4 aliphatic rings. The highest BCUT2D eigenvalue weighted by Crippen LogP contribution is 2.63. The molecule has 0 saturated heterocycles. The maximum atomic E-state index is 12.5. The van der Waals surface area contributed by atoms with Crippen LogP contribution in [0.5, 0.6) is 0 Å². The van der Waals surface area contributed by atoms with Crippen LogP contribution in [-0.4, -0.2) is 30.2 Å². The van der Waals surface area contributed by atoms with Gasteiger partial charge in [0, 0.05) is 24.4 Å². The number of aliphatic hydroxyl groups excluding tert-OH is 1. The number of Topliss-reactive ketones (excluding diaryl/α,β-unsaturated/α-hetero) is 1. The molecule has 1 N–H and O–H groups in total. The van der Waals surface area contributed by atoms with Crippen LogP contribution in [-0.2, 0) is 9.53 Å². The summed E-state index contributed by atoms with van der Waals surface area (Å²) in [7, 11) is 1.79. The fourth-order valence-electron chi connectivity index (χ4n) is 6.20. The predicted molar refractivity (Wildman–Crippen MR) is 88.8 cm³/mol. The Bertz CT molecular complexity index is 592. The molecule has 3 heteroatoms. The normalized spacial score (nSPS) is 51.7. The van der Waals surface area contributed by atoms with E-state index in [1.54, 1.807) is 7.11 Å². The Morgan fingerprint density at radius 1 is 1.26 bits per heavy atom. The Morgan fingerprint density at radius 3 is 2.78 bits per heavy atom. The number of methoxy groups -OCH3 is 1. The standard InChI is InChI=1S/C20H28O3/c1-19-8-6-13(21)10-12(19)11-16(23-3)18-14-4-5-17(22)20(14,2)9-7-15(18)19/h6,8,11,13-16,18,21H,4-5,7,9-10H2,1-3H3/t13?,14-,15+,16?,18-,19-,20-/m0/s1. The van der Waals surface area contributed by atoms with E-state index < -0.39 is 0 Å². The summed E-state index contributed by atoms with van der Waals surface area (Å²) in [6, 6.07) is 0. The van der Waals surface area contributed by atoms with Crippen LogP contribution >= 0.6 is 0 Å². The molecule has 4 aliphatic carbocycles. The van der Waals surface area contributed by atoms with Gasteiger partial charge in [0.25, 0.3) is 0 Å². The summed E-state index contributed by atoms with van der Waals surface area (Å²) in [6.45, 7) is 4.52. The van der Waals surface area contributed by atoms with Gasteiger partial charge in [0.05, 0.1) is 12.2 Å². The number of hydrogen-bond donors (Lipinski definition) is 1. The topological polar surface area (TPSA) is 46.5 Å². The van der Waals surface area contributed by atoms with Gasteiger partial charge in [0.1, 0.15) is 5.78 Å². The lowest BCUT2D eigenvalue weighted by Crippen LogP contribution is -2.54. The van der Waals surface area contributed by atoms with Gasteiger partial charge in [-0.25, -0.2) is 0 Å². The van der Waals surface area contributed by atoms with E-state index in [2.05, 4.69) is 26.0 Å². The third-order valence-corrected chi connectivity index (χ3v) is 7.61. The highest BCUT2D eigenvalue weighted by atomic mass is 16.5. The van der Waals surface area contributed by atoms with Crippen molar-refractivity contribution >= 4 is 5.78 Å². The third-order valence-electron chi connectivity index (χ3n) is 7.61. The highest BCUT2D eigenvalue weighted by molar-refractivity contribution is 5.87. The smallest absolute Gasteiger partial charge is 0.139 e. The van der Waals surface area contributed by atoms with Crippen molar-refractivity contribution in [1.82, 2.24) is 0 Å². The van der Waals surface area contributed by atoms with Gasteiger partial charge in [0.2, 0.25) is 0 Å². The molecule has 23 heavy (non-hydrogen) atoms. The molecule has 0 heterocycles. The van der Waals surface area contributed by atoms with Crippen molar-refractivity contribution < 1.29 is 14.6 Å². The summed E-state index contributed by atoms with van der Waals surface area (Å²) in [4.78, 5) is 12.5. The monoisotopic (exact) mass is 316 g/mol. The maximum absolute atomic E-state index is 12.5. The molecule has 0 amide bonds. The highest BCUT2D eigenvalue weighted by Gasteiger charge is 2.60. The SMILES string of the molecule is COC1C=C2CC(O)C=C[C@]2(C)[C@@H]2CC[C@]3(C)C(=O)CC[C@H]3[C@H]12. The zero-order valence-corrected chi connectivity index (χ0v) is 14.4. The molecular formula is C20H28O3. The molecule has 2 unspecified atom stereocenters. The van der Waals surface area contributed by atoms with Gasteiger partial charge in [-0.15, -0.1) is 0 Å². The van der Waals surface area contributed by atoms with E-state index in [-0.39, 0.29) is 23.0 Å². The Kier molecular flexibility index (Phi) is 3.41. The molecule has 0 aromatic heterocycles. The summed E-state index contributed by atoms with van der Waals surface area (Å²) in [5, 5.41) is 10.0. The first kappa shape index (κ1) is 15.6. The Hall–Kier alpha value is -0.930. The summed E-state index contributed by atoms with van der Waals surface area (Å²) in [5.41, 5.74) is 1.21. The van der Waals surface area contributed by atoms with Crippen LogP contribution in [0.25, 0.3) is 0 Å². The number of fused-ring (bicyclic) bond motifs is 5. The fourth-order valence-corrected chi connectivity index (χ4v) is 6.20. The molecule has 0 bridgehead atoms. The lowest BCUT2D eigenvalue weighted by atomic mass is 9.48. The average molecular weight is 316 g/mol. The number of ketones is 1. The third kappa shape index (κ3) is 1.99. The van der Waals surface area contributed by atoms with Crippen LogP contribution in [0.1, 0.15) is 46.0 Å². The minimum absolute atomic E-state index is 0.0197. The molecule has 7 atom stereocenters. The molecule has 0 aromatic carbocycles. The minimum atomic E-state index is -0.370. The van der Waals surface area contributed by atoms with Crippen molar-refractivity contribution in [3.8, 4) is 0 Å². The van der Waals surface area contributed by atoms with Crippen LogP contribution in [0.4, 0.5) is 0 Å². The number of aliphatic hydroxyl groups is 1. The predicted octanol–water partition coefficient (Wildman–Crippen LogP) is 3.28. The minimum Gasteiger partial charge on any atom is -0.389 e. The average Bonchev–Trinajstić information content (AvgIpc) is 2.83. The number of ether oxygens (including phenoxy) is 1. The molecule has 0 radical (unpaired) electrons. The van der Waals surface area contributed by atoms with E-state index in [1.807, 2.05) is 6.08 Å². The van der Waals surface area contributed by atoms with Gasteiger partial charge in [-0.1, -0.05) is 37.6 Å².